The van der Waals surface area contributed by atoms with Crippen molar-refractivity contribution in [3.8, 4) is 0 Å². The average Bonchev–Trinajstić information content (AvgIpc) is 3.32. The molecule has 67 heavy (non-hydrogen) atoms. The lowest BCUT2D eigenvalue weighted by Crippen LogP contribution is -2.29. The van der Waals surface area contributed by atoms with Crippen LogP contribution < -0.4 is 5.73 Å². The summed E-state index contributed by atoms with van der Waals surface area (Å²) in [5.41, 5.74) is 5.37. The molecular formula is C57H100NO8P. The number of carbonyl (C=O) groups excluding carboxylic acids is 2. The molecule has 10 heteroatoms. The van der Waals surface area contributed by atoms with E-state index in [1.165, 1.54) is 103 Å². The Morgan fingerprint density at radius 2 is 0.821 bits per heavy atom. The molecule has 0 aliphatic rings. The first-order valence-corrected chi connectivity index (χ1v) is 28.6. The smallest absolute Gasteiger partial charge is 0.462 e. The Morgan fingerprint density at radius 1 is 0.463 bits per heavy atom. The number of carbonyl (C=O) groups is 2. The zero-order chi connectivity index (χ0) is 48.8. The van der Waals surface area contributed by atoms with Crippen molar-refractivity contribution in [2.75, 3.05) is 26.4 Å². The van der Waals surface area contributed by atoms with Crippen LogP contribution in [0.15, 0.2) is 85.1 Å². The standard InChI is InChI=1S/C57H100NO8P/c1-3-5-7-9-11-13-15-17-18-19-20-21-22-23-24-25-26-27-28-29-30-31-32-33-34-35-36-38-40-42-44-46-48-50-57(60)66-55(54-65-67(61,62)64-52-51-58)53-63-56(59)49-47-45-43-41-39-37-16-14-12-10-8-6-4-2/h5,7,11,13-14,16-18,20-21,23-24,26-27,55H,3-4,6,8-10,12,15,19,22,25,28-54,58H2,1-2H3,(H,61,62)/b7-5-,13-11-,16-14-,18-17-,21-20-,24-23-,27-26-. The van der Waals surface area contributed by atoms with Gasteiger partial charge < -0.3 is 20.1 Å². The molecule has 386 valence electrons. The lowest BCUT2D eigenvalue weighted by atomic mass is 10.0. The molecule has 0 aromatic carbocycles. The summed E-state index contributed by atoms with van der Waals surface area (Å²) in [4.78, 5) is 35.0. The van der Waals surface area contributed by atoms with Gasteiger partial charge in [0, 0.05) is 19.4 Å². The fraction of sp³-hybridized carbons (Fsp3) is 0.719. The van der Waals surface area contributed by atoms with Crippen LogP contribution in [0.4, 0.5) is 0 Å². The largest absolute Gasteiger partial charge is 0.472 e. The summed E-state index contributed by atoms with van der Waals surface area (Å²) in [5.74, 6) is -0.839. The summed E-state index contributed by atoms with van der Waals surface area (Å²) in [7, 11) is -4.39. The predicted molar refractivity (Wildman–Crippen MR) is 284 cm³/mol. The predicted octanol–water partition coefficient (Wildman–Crippen LogP) is 16.7. The summed E-state index contributed by atoms with van der Waals surface area (Å²) in [5, 5.41) is 0. The summed E-state index contributed by atoms with van der Waals surface area (Å²) in [6.07, 6.45) is 67.8. The van der Waals surface area contributed by atoms with Crippen LogP contribution in [-0.4, -0.2) is 49.3 Å². The quantitative estimate of drug-likeness (QED) is 0.0264. The van der Waals surface area contributed by atoms with Gasteiger partial charge in [-0.05, 0) is 89.9 Å². The van der Waals surface area contributed by atoms with Crippen LogP contribution in [0.3, 0.4) is 0 Å². The van der Waals surface area contributed by atoms with Crippen LogP contribution >= 0.6 is 7.82 Å². The van der Waals surface area contributed by atoms with E-state index in [-0.39, 0.29) is 32.6 Å². The van der Waals surface area contributed by atoms with Crippen molar-refractivity contribution in [1.82, 2.24) is 0 Å². The van der Waals surface area contributed by atoms with Crippen LogP contribution in [0.5, 0.6) is 0 Å². The summed E-state index contributed by atoms with van der Waals surface area (Å²) < 4.78 is 32.9. The molecular weight excluding hydrogens is 858 g/mol. The average molecular weight is 958 g/mol. The number of phosphoric acid groups is 1. The van der Waals surface area contributed by atoms with Crippen LogP contribution in [0.25, 0.3) is 0 Å². The van der Waals surface area contributed by atoms with Crippen molar-refractivity contribution in [2.45, 2.75) is 238 Å². The van der Waals surface area contributed by atoms with Crippen LogP contribution in [-0.2, 0) is 32.7 Å². The van der Waals surface area contributed by atoms with Gasteiger partial charge in [0.2, 0.25) is 0 Å². The fourth-order valence-electron chi connectivity index (χ4n) is 7.28. The van der Waals surface area contributed by atoms with Gasteiger partial charge in [0.15, 0.2) is 6.10 Å². The molecule has 0 saturated carbocycles. The highest BCUT2D eigenvalue weighted by atomic mass is 31.2. The third-order valence-corrected chi connectivity index (χ3v) is 12.2. The molecule has 0 aromatic rings. The van der Waals surface area contributed by atoms with Gasteiger partial charge >= 0.3 is 19.8 Å². The molecule has 0 fully saturated rings. The molecule has 0 aromatic heterocycles. The molecule has 9 nitrogen and oxygen atoms in total. The maximum absolute atomic E-state index is 12.7. The maximum atomic E-state index is 12.7. The normalized spacial score (nSPS) is 13.8. The number of hydrogen-bond donors (Lipinski definition) is 2. The Labute approximate surface area is 411 Å². The summed E-state index contributed by atoms with van der Waals surface area (Å²) >= 11 is 0. The Bertz CT molecular complexity index is 1370. The second-order valence-corrected chi connectivity index (χ2v) is 19.2. The van der Waals surface area contributed by atoms with E-state index in [1.54, 1.807) is 0 Å². The van der Waals surface area contributed by atoms with Gasteiger partial charge in [0.1, 0.15) is 6.61 Å². The van der Waals surface area contributed by atoms with Crippen molar-refractivity contribution in [1.29, 1.82) is 0 Å². The van der Waals surface area contributed by atoms with Crippen LogP contribution in [0.1, 0.15) is 232 Å². The van der Waals surface area contributed by atoms with E-state index in [1.807, 2.05) is 0 Å². The van der Waals surface area contributed by atoms with Gasteiger partial charge in [-0.25, -0.2) is 4.57 Å². The molecule has 0 amide bonds. The molecule has 2 unspecified atom stereocenters. The topological polar surface area (TPSA) is 134 Å². The molecule has 0 bridgehead atoms. The van der Waals surface area contributed by atoms with Crippen LogP contribution in [0.2, 0.25) is 0 Å². The van der Waals surface area contributed by atoms with E-state index in [9.17, 15) is 19.0 Å². The molecule has 0 saturated heterocycles. The second-order valence-electron chi connectivity index (χ2n) is 17.7. The third-order valence-electron chi connectivity index (χ3n) is 11.3. The lowest BCUT2D eigenvalue weighted by molar-refractivity contribution is -0.161. The van der Waals surface area contributed by atoms with Crippen molar-refractivity contribution in [3.05, 3.63) is 85.1 Å². The van der Waals surface area contributed by atoms with E-state index in [4.69, 9.17) is 24.3 Å². The SMILES string of the molecule is CC/C=C\C/C=C\C/C=C\C/C=C\C/C=C\C/C=C\CCCCCCCCCCCCCCCCC(=O)OC(COC(=O)CCCCCCC/C=C\CCCCCC)COP(=O)(O)OCCN. The highest BCUT2D eigenvalue weighted by Crippen LogP contribution is 2.43. The zero-order valence-corrected chi connectivity index (χ0v) is 43.8. The van der Waals surface area contributed by atoms with Gasteiger partial charge in [0.05, 0.1) is 13.2 Å². The molecule has 0 aliphatic carbocycles. The first-order valence-electron chi connectivity index (χ1n) is 27.1. The Kier molecular flexibility index (Phi) is 50.4. The van der Waals surface area contributed by atoms with E-state index >= 15 is 0 Å². The van der Waals surface area contributed by atoms with Crippen molar-refractivity contribution in [2.24, 2.45) is 5.73 Å². The zero-order valence-electron chi connectivity index (χ0n) is 42.9. The summed E-state index contributed by atoms with van der Waals surface area (Å²) in [6.45, 7) is 3.60. The number of unbranched alkanes of at least 4 members (excludes halogenated alkanes) is 23. The highest BCUT2D eigenvalue weighted by molar-refractivity contribution is 7.47. The molecule has 2 atom stereocenters. The van der Waals surface area contributed by atoms with Gasteiger partial charge in [-0.2, -0.15) is 0 Å². The Morgan fingerprint density at radius 3 is 1.24 bits per heavy atom. The Balaban J connectivity index is 3.93. The number of esters is 2. The van der Waals surface area contributed by atoms with Gasteiger partial charge in [-0.15, -0.1) is 0 Å². The molecule has 0 aliphatic heterocycles. The number of allylic oxidation sites excluding steroid dienone is 14. The molecule has 0 spiro atoms. The Hall–Kier alpha value is -2.81. The van der Waals surface area contributed by atoms with E-state index in [0.29, 0.717) is 6.42 Å². The first kappa shape index (κ1) is 64.2. The summed E-state index contributed by atoms with van der Waals surface area (Å²) in [6, 6.07) is 0. The number of rotatable bonds is 50. The van der Waals surface area contributed by atoms with E-state index in [0.717, 1.165) is 96.3 Å². The van der Waals surface area contributed by atoms with Crippen molar-refractivity contribution >= 4 is 19.8 Å². The second kappa shape index (κ2) is 52.6. The third kappa shape index (κ3) is 52.4. The molecule has 3 N–H and O–H groups in total. The monoisotopic (exact) mass is 958 g/mol. The van der Waals surface area contributed by atoms with Gasteiger partial charge in [-0.1, -0.05) is 214 Å². The molecule has 0 rings (SSSR count). The fourth-order valence-corrected chi connectivity index (χ4v) is 8.05. The minimum atomic E-state index is -4.39. The van der Waals surface area contributed by atoms with Gasteiger partial charge in [-0.3, -0.25) is 18.6 Å². The van der Waals surface area contributed by atoms with E-state index in [2.05, 4.69) is 98.9 Å². The number of hydrogen-bond acceptors (Lipinski definition) is 8. The first-order chi connectivity index (χ1) is 32.8. The maximum Gasteiger partial charge on any atom is 0.472 e. The number of phosphoric ester groups is 1. The number of nitrogens with two attached hydrogens (primary N) is 1. The minimum Gasteiger partial charge on any atom is -0.462 e. The number of ether oxygens (including phenoxy) is 2. The van der Waals surface area contributed by atoms with E-state index < -0.39 is 32.5 Å². The van der Waals surface area contributed by atoms with Crippen molar-refractivity contribution < 1.29 is 37.6 Å². The lowest BCUT2D eigenvalue weighted by Gasteiger charge is -2.19. The minimum absolute atomic E-state index is 0.0499. The molecule has 0 heterocycles. The van der Waals surface area contributed by atoms with Crippen LogP contribution in [0, 0.1) is 0 Å². The highest BCUT2D eigenvalue weighted by Gasteiger charge is 2.26. The van der Waals surface area contributed by atoms with Gasteiger partial charge in [0.25, 0.3) is 0 Å². The molecule has 0 radical (unpaired) electrons. The van der Waals surface area contributed by atoms with Crippen molar-refractivity contribution in [3.63, 3.8) is 0 Å².